The Kier molecular flexibility index (Phi) is 8.70. The molecule has 1 atom stereocenters. The number of nitrogens with zero attached hydrogens (tertiary/aromatic N) is 1. The van der Waals surface area contributed by atoms with Crippen LogP contribution in [0.1, 0.15) is 26.2 Å². The van der Waals surface area contributed by atoms with E-state index < -0.39 is 22.7 Å². The topological polar surface area (TPSA) is 108 Å². The first-order valence-electron chi connectivity index (χ1n) is 5.12. The molecule has 1 unspecified atom stereocenters. The van der Waals surface area contributed by atoms with Gasteiger partial charge in [0.15, 0.2) is 0 Å². The highest BCUT2D eigenvalue weighted by atomic mass is 32.3. The summed E-state index contributed by atoms with van der Waals surface area (Å²) in [6, 6.07) is 2.38. The molecule has 0 heterocycles. The molecule has 0 aromatic heterocycles. The number of hydrogen-bond acceptors (Lipinski definition) is 4. The van der Waals surface area contributed by atoms with Crippen molar-refractivity contribution in [2.45, 2.75) is 26.2 Å². The van der Waals surface area contributed by atoms with Crippen LogP contribution in [0.15, 0.2) is 24.3 Å². The van der Waals surface area contributed by atoms with Crippen molar-refractivity contribution in [3.05, 3.63) is 24.3 Å². The summed E-state index contributed by atoms with van der Waals surface area (Å²) < 4.78 is 37.2. The van der Waals surface area contributed by atoms with E-state index in [2.05, 4.69) is 22.7 Å². The second kappa shape index (κ2) is 9.13. The molecule has 18 heavy (non-hydrogen) atoms. The van der Waals surface area contributed by atoms with E-state index >= 15 is 0 Å². The Morgan fingerprint density at radius 3 is 2.28 bits per heavy atom. The van der Waals surface area contributed by atoms with Crippen LogP contribution in [0, 0.1) is 16.7 Å². The second-order valence-electron chi connectivity index (χ2n) is 3.51. The smallest absolute Gasteiger partial charge is 0.283 e. The van der Waals surface area contributed by atoms with Crippen LogP contribution in [0.4, 0.5) is 0 Å². The normalized spacial score (nSPS) is 24.6. The average molecular weight is 293 g/mol. The standard InChI is InChI=1S/C10H13N.H2O5S2/c1-2-6-10(9-11)7-4-3-5-8-10;1-6(2)5-7(3)4/h3-5,7H,2,6,8H2,1H3;(H,1,2)(H,3,4). The van der Waals surface area contributed by atoms with Crippen LogP contribution in [-0.4, -0.2) is 17.5 Å². The zero-order valence-electron chi connectivity index (χ0n) is 9.81. The average Bonchev–Trinajstić information content (AvgIpc) is 2.29. The molecule has 8 heteroatoms. The fourth-order valence-corrected chi connectivity index (χ4v) is 1.88. The van der Waals surface area contributed by atoms with Gasteiger partial charge in [-0.05, 0) is 12.8 Å². The predicted molar refractivity (Wildman–Crippen MR) is 68.5 cm³/mol. The predicted octanol–water partition coefficient (Wildman–Crippen LogP) is 2.09. The maximum absolute atomic E-state index is 9.35. The Labute approximate surface area is 111 Å². The van der Waals surface area contributed by atoms with Crippen LogP contribution >= 0.6 is 0 Å². The third kappa shape index (κ3) is 7.47. The van der Waals surface area contributed by atoms with Crippen molar-refractivity contribution in [3.63, 3.8) is 0 Å². The molecule has 1 rings (SSSR count). The van der Waals surface area contributed by atoms with Crippen LogP contribution in [0.5, 0.6) is 0 Å². The summed E-state index contributed by atoms with van der Waals surface area (Å²) in [5, 5.41) is 8.94. The molecular formula is C10H15NO5S2. The van der Waals surface area contributed by atoms with Crippen LogP contribution < -0.4 is 0 Å². The Morgan fingerprint density at radius 1 is 1.39 bits per heavy atom. The first-order valence-corrected chi connectivity index (χ1v) is 7.18. The lowest BCUT2D eigenvalue weighted by molar-refractivity contribution is 0.427. The highest BCUT2D eigenvalue weighted by Gasteiger charge is 2.24. The van der Waals surface area contributed by atoms with Gasteiger partial charge in [0.1, 0.15) is 0 Å². The number of hydrogen-bond donors (Lipinski definition) is 2. The van der Waals surface area contributed by atoms with Crippen molar-refractivity contribution in [1.82, 2.24) is 0 Å². The van der Waals surface area contributed by atoms with E-state index in [9.17, 15) is 8.42 Å². The molecule has 0 radical (unpaired) electrons. The third-order valence-electron chi connectivity index (χ3n) is 2.18. The Bertz CT molecular complexity index is 390. The molecule has 0 saturated heterocycles. The highest BCUT2D eigenvalue weighted by Crippen LogP contribution is 2.31. The van der Waals surface area contributed by atoms with E-state index in [0.29, 0.717) is 0 Å². The van der Waals surface area contributed by atoms with E-state index in [4.69, 9.17) is 14.4 Å². The molecule has 2 N–H and O–H groups in total. The fourth-order valence-electron chi connectivity index (χ4n) is 1.48. The zero-order chi connectivity index (χ0) is 14.0. The molecular weight excluding hydrogens is 278 g/mol. The van der Waals surface area contributed by atoms with E-state index in [-0.39, 0.29) is 5.41 Å². The van der Waals surface area contributed by atoms with Gasteiger partial charge in [-0.2, -0.15) is 13.7 Å². The molecule has 0 aromatic carbocycles. The van der Waals surface area contributed by atoms with Gasteiger partial charge in [-0.1, -0.05) is 37.6 Å². The lowest BCUT2D eigenvalue weighted by Gasteiger charge is -2.21. The van der Waals surface area contributed by atoms with Crippen molar-refractivity contribution in [2.75, 3.05) is 0 Å². The van der Waals surface area contributed by atoms with Crippen LogP contribution in [0.25, 0.3) is 0 Å². The van der Waals surface area contributed by atoms with E-state index in [1.165, 1.54) is 0 Å². The third-order valence-corrected chi connectivity index (χ3v) is 3.11. The van der Waals surface area contributed by atoms with Gasteiger partial charge in [0.2, 0.25) is 0 Å². The van der Waals surface area contributed by atoms with Crippen LogP contribution in [0.2, 0.25) is 0 Å². The SMILES string of the molecule is CCCC1(C#N)C=CC=CC1.O=S(O)OS(=O)O. The molecule has 102 valence electrons. The van der Waals surface area contributed by atoms with Crippen molar-refractivity contribution in [2.24, 2.45) is 5.41 Å². The van der Waals surface area contributed by atoms with Crippen molar-refractivity contribution < 1.29 is 21.2 Å². The summed E-state index contributed by atoms with van der Waals surface area (Å²) in [6.07, 6.45) is 11.0. The van der Waals surface area contributed by atoms with Gasteiger partial charge < -0.3 is 0 Å². The summed E-state index contributed by atoms with van der Waals surface area (Å²) in [4.78, 5) is 0. The fraction of sp³-hybridized carbons (Fsp3) is 0.500. The maximum atomic E-state index is 9.35. The minimum absolute atomic E-state index is 0.191. The summed E-state index contributed by atoms with van der Waals surface area (Å²) in [6.45, 7) is 2.12. The minimum atomic E-state index is -2.65. The quantitative estimate of drug-likeness (QED) is 0.768. The molecule has 0 amide bonds. The first kappa shape index (κ1) is 17.2. The van der Waals surface area contributed by atoms with Crippen LogP contribution in [-0.2, 0) is 26.4 Å². The molecule has 0 aromatic rings. The minimum Gasteiger partial charge on any atom is -0.283 e. The number of nitriles is 1. The summed E-state index contributed by atoms with van der Waals surface area (Å²) in [7, 11) is 0. The van der Waals surface area contributed by atoms with Crippen molar-refractivity contribution >= 4 is 22.7 Å². The lowest BCUT2D eigenvalue weighted by Crippen LogP contribution is -2.15. The van der Waals surface area contributed by atoms with Gasteiger partial charge in [-0.3, -0.25) is 9.11 Å². The largest absolute Gasteiger partial charge is 0.317 e. The molecule has 0 bridgehead atoms. The Morgan fingerprint density at radius 2 is 2.00 bits per heavy atom. The van der Waals surface area contributed by atoms with E-state index in [1.54, 1.807) is 0 Å². The summed E-state index contributed by atoms with van der Waals surface area (Å²) >= 11 is -5.29. The van der Waals surface area contributed by atoms with Gasteiger partial charge in [-0.15, -0.1) is 3.63 Å². The second-order valence-corrected chi connectivity index (χ2v) is 4.92. The summed E-state index contributed by atoms with van der Waals surface area (Å²) in [5.41, 5.74) is -0.191. The molecule has 0 aliphatic heterocycles. The van der Waals surface area contributed by atoms with Crippen molar-refractivity contribution in [1.29, 1.82) is 5.26 Å². The van der Waals surface area contributed by atoms with Crippen LogP contribution in [0.3, 0.4) is 0 Å². The highest BCUT2D eigenvalue weighted by molar-refractivity contribution is 7.87. The molecule has 0 spiro atoms. The maximum Gasteiger partial charge on any atom is 0.317 e. The molecule has 0 fully saturated rings. The van der Waals surface area contributed by atoms with E-state index in [0.717, 1.165) is 19.3 Å². The molecule has 6 nitrogen and oxygen atoms in total. The number of allylic oxidation sites excluding steroid dienone is 4. The molecule has 1 aliphatic carbocycles. The van der Waals surface area contributed by atoms with E-state index in [1.807, 2.05) is 18.2 Å². The van der Waals surface area contributed by atoms with Gasteiger partial charge in [0, 0.05) is 0 Å². The zero-order valence-corrected chi connectivity index (χ0v) is 11.4. The first-order chi connectivity index (χ1) is 8.45. The Hall–Kier alpha value is -0.850. The van der Waals surface area contributed by atoms with Gasteiger partial charge in [0.05, 0.1) is 11.5 Å². The van der Waals surface area contributed by atoms with Gasteiger partial charge >= 0.3 is 22.7 Å². The van der Waals surface area contributed by atoms with Crippen molar-refractivity contribution in [3.8, 4) is 6.07 Å². The lowest BCUT2D eigenvalue weighted by atomic mass is 9.79. The molecule has 0 saturated carbocycles. The van der Waals surface area contributed by atoms with Gasteiger partial charge in [0.25, 0.3) is 0 Å². The number of rotatable bonds is 4. The summed E-state index contributed by atoms with van der Waals surface area (Å²) in [5.74, 6) is 0. The van der Waals surface area contributed by atoms with Gasteiger partial charge in [-0.25, -0.2) is 0 Å². The monoisotopic (exact) mass is 293 g/mol. The Balaban J connectivity index is 0.000000360. The molecule has 1 aliphatic rings.